The smallest absolute Gasteiger partial charge is 0.303 e. The van der Waals surface area contributed by atoms with Crippen LogP contribution in [0.4, 0.5) is 0 Å². The molecule has 2 heterocycles. The van der Waals surface area contributed by atoms with Crippen molar-refractivity contribution >= 4 is 86.6 Å². The van der Waals surface area contributed by atoms with Crippen molar-refractivity contribution in [2.75, 3.05) is 24.6 Å². The van der Waals surface area contributed by atoms with Gasteiger partial charge in [0.2, 0.25) is 59.1 Å². The van der Waals surface area contributed by atoms with Gasteiger partial charge in [-0.2, -0.15) is 0 Å². The summed E-state index contributed by atoms with van der Waals surface area (Å²) in [6.07, 6.45) is 5.58. The second-order valence-corrected chi connectivity index (χ2v) is 23.6. The van der Waals surface area contributed by atoms with Gasteiger partial charge in [-0.05, 0) is 80.9 Å². The number of nitrogens with zero attached hydrogens (tertiary/aromatic N) is 1. The largest absolute Gasteiger partial charge is 0.481 e. The maximum Gasteiger partial charge on any atom is 0.303 e. The number of primary amides is 1. The number of imidazole rings is 1. The van der Waals surface area contributed by atoms with Crippen LogP contribution in [-0.4, -0.2) is 153 Å². The van der Waals surface area contributed by atoms with E-state index in [0.717, 1.165) is 29.7 Å². The molecule has 9 atom stereocenters. The summed E-state index contributed by atoms with van der Waals surface area (Å²) in [4.78, 5) is 154. The van der Waals surface area contributed by atoms with Crippen molar-refractivity contribution in [2.45, 2.75) is 153 Å². The third kappa shape index (κ3) is 23.3. The molecule has 1 saturated heterocycles. The number of benzene rings is 2. The Morgan fingerprint density at radius 3 is 2.08 bits per heavy atom. The molecule has 10 amide bonds. The van der Waals surface area contributed by atoms with E-state index >= 15 is 0 Å². The molecule has 0 radical (unpaired) electrons. The van der Waals surface area contributed by atoms with Crippen molar-refractivity contribution in [2.24, 2.45) is 23.3 Å². The lowest BCUT2D eigenvalue weighted by atomic mass is 10.00. The first-order valence-corrected chi connectivity index (χ1v) is 30.5. The third-order valence-corrected chi connectivity index (χ3v) is 16.5. The number of carboxylic acids is 1. The van der Waals surface area contributed by atoms with Crippen LogP contribution in [0.1, 0.15) is 103 Å². The first-order valence-electron chi connectivity index (χ1n) is 28.0. The molecular weight excluding hydrogens is 1110 g/mol. The fraction of sp³-hybridized carbons (Fsp3) is 0.536. The second-order valence-electron chi connectivity index (χ2n) is 20.9. The van der Waals surface area contributed by atoms with Crippen molar-refractivity contribution in [1.82, 2.24) is 57.8 Å². The molecule has 1 aliphatic heterocycles. The topological polar surface area (TPSA) is 397 Å². The van der Waals surface area contributed by atoms with E-state index in [1.807, 2.05) is 54.6 Å². The van der Waals surface area contributed by atoms with Gasteiger partial charge in [0.15, 0.2) is 0 Å². The number of aliphatic carboxylic acids is 1. The number of H-pyrrole nitrogens is 1. The monoisotopic (exact) mass is 1190 g/mol. The van der Waals surface area contributed by atoms with Crippen LogP contribution < -0.4 is 59.3 Å². The quantitative estimate of drug-likeness (QED) is 0.0680. The highest BCUT2D eigenvalue weighted by Gasteiger charge is 2.34. The Labute approximate surface area is 490 Å². The van der Waals surface area contributed by atoms with Crippen molar-refractivity contribution in [3.8, 4) is 11.1 Å². The number of rotatable bonds is 20. The molecule has 0 spiro atoms. The van der Waals surface area contributed by atoms with Gasteiger partial charge in [-0.25, -0.2) is 4.98 Å². The number of aromatic nitrogens is 2. The van der Waals surface area contributed by atoms with Crippen LogP contribution in [0.3, 0.4) is 0 Å². The van der Waals surface area contributed by atoms with E-state index in [4.69, 9.17) is 11.5 Å². The van der Waals surface area contributed by atoms with Gasteiger partial charge < -0.3 is 69.4 Å². The summed E-state index contributed by atoms with van der Waals surface area (Å²) in [7, 11) is 2.49. The van der Waals surface area contributed by atoms with Gasteiger partial charge in [-0.15, -0.1) is 0 Å². The van der Waals surface area contributed by atoms with Gasteiger partial charge in [0.05, 0.1) is 18.9 Å². The Kier molecular flexibility index (Phi) is 27.3. The number of nitrogens with two attached hydrogens (primary N) is 2. The van der Waals surface area contributed by atoms with Gasteiger partial charge in [0, 0.05) is 55.1 Å². The number of carboxylic acid groups (broad SMARTS) is 1. The molecule has 1 aromatic heterocycles. The van der Waals surface area contributed by atoms with Crippen LogP contribution in [0.15, 0.2) is 67.1 Å². The van der Waals surface area contributed by atoms with E-state index in [9.17, 15) is 57.8 Å². The summed E-state index contributed by atoms with van der Waals surface area (Å²) in [5.74, 6) is -8.18. The molecule has 2 aliphatic rings. The van der Waals surface area contributed by atoms with E-state index in [1.165, 1.54) is 34.8 Å². The molecule has 83 heavy (non-hydrogen) atoms. The number of amides is 10. The number of hydrogen-bond donors (Lipinski definition) is 13. The maximum absolute atomic E-state index is 14.4. The van der Waals surface area contributed by atoms with Crippen molar-refractivity contribution in [3.63, 3.8) is 0 Å². The minimum absolute atomic E-state index is 0.0333. The van der Waals surface area contributed by atoms with Crippen LogP contribution in [0.5, 0.6) is 0 Å². The molecule has 5 rings (SSSR count). The predicted molar refractivity (Wildman–Crippen MR) is 312 cm³/mol. The molecule has 2 fully saturated rings. The van der Waals surface area contributed by atoms with E-state index in [-0.39, 0.29) is 62.0 Å². The van der Waals surface area contributed by atoms with Crippen LogP contribution in [0.25, 0.3) is 11.1 Å². The molecular formula is C56H79N13O12S2. The molecule has 15 N–H and O–H groups in total. The maximum atomic E-state index is 14.4. The van der Waals surface area contributed by atoms with Crippen molar-refractivity contribution in [3.05, 3.63) is 78.4 Å². The molecule has 27 heteroatoms. The highest BCUT2D eigenvalue weighted by Crippen LogP contribution is 2.33. The first-order chi connectivity index (χ1) is 39.7. The minimum atomic E-state index is -1.54. The van der Waals surface area contributed by atoms with Crippen LogP contribution in [0, 0.1) is 11.8 Å². The molecule has 0 bridgehead atoms. The lowest BCUT2D eigenvalue weighted by Crippen LogP contribution is -2.59. The van der Waals surface area contributed by atoms with Gasteiger partial charge in [-0.1, -0.05) is 103 Å². The average Bonchev–Trinajstić information content (AvgIpc) is 4.29. The van der Waals surface area contributed by atoms with Gasteiger partial charge >= 0.3 is 5.97 Å². The standard InChI is InChI=1S/C56H79N13O12S2/c1-4-40-54(79)69-44(28-35-15-17-37(18-16-35)36-10-6-5-7-11-36)52(77)60-23-9-8-12-39(57)51(76)63-33(3)50(75)66-41(48(58)73)21-24-82-83-25-22-43(56(81)65-40)67-55(80)42(19-20-47(71)72)64-46(70)30-61-53(78)45(27-34-13-14-34)68-49(74)32(2)26-38-29-59-31-62-38/h5-7,10-11,15-18,29,31-34,39-45H,4,8-9,12-14,19-28,30,57H2,1-3H3,(H2,58,73)(H,59,62)(H,60,77)(H,61,78)(H,63,76)(H,64,70)(H,65,81)(H,66,75)(H,67,80)(H,68,74)(H,69,79)(H,71,72)/t32-,33-,39+,40-,41?,42-,43+,44-,45-/m0/s1. The summed E-state index contributed by atoms with van der Waals surface area (Å²) < 4.78 is 0. The Morgan fingerprint density at radius 1 is 0.747 bits per heavy atom. The zero-order chi connectivity index (χ0) is 60.4. The molecule has 1 saturated carbocycles. The number of nitrogens with one attached hydrogen (secondary N) is 10. The first kappa shape index (κ1) is 66.3. The van der Waals surface area contributed by atoms with Crippen molar-refractivity contribution in [1.29, 1.82) is 0 Å². The van der Waals surface area contributed by atoms with Crippen molar-refractivity contribution < 1.29 is 57.8 Å². The number of carbonyl (C=O) groups excluding carboxylic acids is 10. The normalized spacial score (nSPS) is 22.3. The van der Waals surface area contributed by atoms with E-state index in [1.54, 1.807) is 20.0 Å². The van der Waals surface area contributed by atoms with E-state index in [0.29, 0.717) is 31.2 Å². The third-order valence-electron chi connectivity index (χ3n) is 14.0. The highest BCUT2D eigenvalue weighted by molar-refractivity contribution is 8.76. The zero-order valence-electron chi connectivity index (χ0n) is 47.0. The summed E-state index contributed by atoms with van der Waals surface area (Å²) in [6, 6.07) is 7.68. The van der Waals surface area contributed by atoms with Crippen LogP contribution >= 0.6 is 21.6 Å². The fourth-order valence-electron chi connectivity index (χ4n) is 8.84. The van der Waals surface area contributed by atoms with Gasteiger partial charge in [0.1, 0.15) is 42.3 Å². The number of hydrogen-bond acceptors (Lipinski definition) is 15. The Hall–Kier alpha value is -7.52. The summed E-state index contributed by atoms with van der Waals surface area (Å²) >= 11 is 0. The Morgan fingerprint density at radius 2 is 1.43 bits per heavy atom. The molecule has 1 unspecified atom stereocenters. The van der Waals surface area contributed by atoms with Gasteiger partial charge in [-0.3, -0.25) is 52.7 Å². The summed E-state index contributed by atoms with van der Waals surface area (Å²) in [6.45, 7) is 4.26. The number of carbonyl (C=O) groups is 11. The second kappa shape index (κ2) is 34.2. The Balaban J connectivity index is 1.33. The molecule has 3 aromatic rings. The SMILES string of the molecule is CC[C@@H]1NC(=O)[C@H](NC(=O)[C@H](CCC(=O)O)NC(=O)CNC(=O)[C@H](CC2CC2)NC(=O)[C@@H](C)Cc2cnc[nH]2)CCSSCCC(C(N)=O)NC(=O)[C@H](C)NC(=O)[C@H](N)CCCCNC(=O)[C@H](Cc2ccc(-c3ccccc3)cc2)NC1=O. The molecule has 2 aromatic carbocycles. The van der Waals surface area contributed by atoms with Gasteiger partial charge in [0.25, 0.3) is 0 Å². The molecule has 452 valence electrons. The predicted octanol–water partition coefficient (Wildman–Crippen LogP) is 0.377. The fourth-order valence-corrected chi connectivity index (χ4v) is 11.0. The highest BCUT2D eigenvalue weighted by atomic mass is 33.1. The van der Waals surface area contributed by atoms with E-state index in [2.05, 4.69) is 57.8 Å². The summed E-state index contributed by atoms with van der Waals surface area (Å²) in [5.41, 5.74) is 15.1. The Bertz CT molecular complexity index is 2680. The molecule has 1 aliphatic carbocycles. The molecule has 25 nitrogen and oxygen atoms in total. The number of aromatic amines is 1. The minimum Gasteiger partial charge on any atom is -0.481 e. The lowest BCUT2D eigenvalue weighted by Gasteiger charge is -2.26. The van der Waals surface area contributed by atoms with E-state index < -0.39 is 133 Å². The van der Waals surface area contributed by atoms with Crippen LogP contribution in [0.2, 0.25) is 0 Å². The zero-order valence-corrected chi connectivity index (χ0v) is 48.6. The van der Waals surface area contributed by atoms with Crippen LogP contribution in [-0.2, 0) is 65.6 Å². The average molecular weight is 1190 g/mol. The lowest BCUT2D eigenvalue weighted by molar-refractivity contribution is -0.138. The summed E-state index contributed by atoms with van der Waals surface area (Å²) in [5, 5.41) is 33.5.